The van der Waals surface area contributed by atoms with Gasteiger partial charge in [0.15, 0.2) is 0 Å². The maximum atomic E-state index is 10.3. The Hall–Kier alpha value is -0.860. The monoisotopic (exact) mass is 248 g/mol. The highest BCUT2D eigenvalue weighted by Gasteiger charge is 2.30. The Balaban J connectivity index is 2.17. The van der Waals surface area contributed by atoms with Gasteiger partial charge in [0, 0.05) is 0 Å². The molecule has 2 rings (SSSR count). The predicted octanol–water partition coefficient (Wildman–Crippen LogP) is 3.39. The van der Waals surface area contributed by atoms with Crippen LogP contribution in [0.4, 0.5) is 0 Å². The molecule has 1 fully saturated rings. The number of aliphatic hydroxyl groups excluding tert-OH is 2. The molecule has 2 heteroatoms. The van der Waals surface area contributed by atoms with Gasteiger partial charge in [0.05, 0.1) is 6.10 Å². The van der Waals surface area contributed by atoms with Crippen LogP contribution < -0.4 is 0 Å². The zero-order valence-corrected chi connectivity index (χ0v) is 11.6. The largest absolute Gasteiger partial charge is 0.390 e. The van der Waals surface area contributed by atoms with Crippen molar-refractivity contribution in [1.29, 1.82) is 0 Å². The summed E-state index contributed by atoms with van der Waals surface area (Å²) < 4.78 is 0. The fourth-order valence-corrected chi connectivity index (χ4v) is 2.39. The van der Waals surface area contributed by atoms with Crippen molar-refractivity contribution in [3.63, 3.8) is 0 Å². The smallest absolute Gasteiger partial charge is 0.105 e. The highest BCUT2D eigenvalue weighted by molar-refractivity contribution is 5.29. The molecule has 2 nitrogen and oxygen atoms in total. The van der Waals surface area contributed by atoms with Crippen LogP contribution in [0.5, 0.6) is 0 Å². The van der Waals surface area contributed by atoms with E-state index in [2.05, 4.69) is 12.1 Å². The molecule has 0 aromatic heterocycles. The Kier molecular flexibility index (Phi) is 3.79. The van der Waals surface area contributed by atoms with E-state index in [1.165, 1.54) is 24.8 Å². The molecular weight excluding hydrogens is 224 g/mol. The zero-order chi connectivity index (χ0) is 13.3. The molecule has 0 heterocycles. The molecule has 1 saturated carbocycles. The molecular formula is C16H24O2. The van der Waals surface area contributed by atoms with Gasteiger partial charge < -0.3 is 10.2 Å². The Morgan fingerprint density at radius 3 is 2.33 bits per heavy atom. The number of rotatable bonds is 3. The van der Waals surface area contributed by atoms with E-state index in [1.54, 1.807) is 0 Å². The van der Waals surface area contributed by atoms with Crippen LogP contribution in [-0.2, 0) is 0 Å². The Morgan fingerprint density at radius 2 is 1.83 bits per heavy atom. The molecule has 1 aliphatic rings. The van der Waals surface area contributed by atoms with Crippen LogP contribution >= 0.6 is 0 Å². The quantitative estimate of drug-likeness (QED) is 0.860. The summed E-state index contributed by atoms with van der Waals surface area (Å²) in [6.45, 7) is 5.82. The summed E-state index contributed by atoms with van der Waals surface area (Å²) in [6.07, 6.45) is 2.27. The molecule has 1 aliphatic carbocycles. The van der Waals surface area contributed by atoms with Gasteiger partial charge in [0.1, 0.15) is 6.10 Å². The highest BCUT2D eigenvalue weighted by Crippen LogP contribution is 2.38. The van der Waals surface area contributed by atoms with Crippen LogP contribution in [0.15, 0.2) is 24.3 Å². The van der Waals surface area contributed by atoms with E-state index in [4.69, 9.17) is 0 Å². The highest BCUT2D eigenvalue weighted by atomic mass is 16.3. The molecule has 1 aromatic rings. The molecule has 0 aliphatic heterocycles. The van der Waals surface area contributed by atoms with E-state index in [9.17, 15) is 10.2 Å². The molecule has 2 N–H and O–H groups in total. The normalized spacial score (nSPS) is 20.3. The first-order chi connectivity index (χ1) is 8.39. The lowest BCUT2D eigenvalue weighted by Gasteiger charge is -2.31. The van der Waals surface area contributed by atoms with E-state index in [1.807, 2.05) is 32.9 Å². The van der Waals surface area contributed by atoms with Gasteiger partial charge in [-0.3, -0.25) is 0 Å². The van der Waals surface area contributed by atoms with Crippen LogP contribution in [0, 0.1) is 5.41 Å². The average molecular weight is 248 g/mol. The number of benzene rings is 1. The second-order valence-electron chi connectivity index (χ2n) is 6.55. The van der Waals surface area contributed by atoms with Crippen molar-refractivity contribution < 1.29 is 10.2 Å². The summed E-state index contributed by atoms with van der Waals surface area (Å²) in [7, 11) is 0. The first-order valence-corrected chi connectivity index (χ1v) is 6.85. The van der Waals surface area contributed by atoms with Crippen LogP contribution in [0.25, 0.3) is 0 Å². The van der Waals surface area contributed by atoms with Gasteiger partial charge in [-0.1, -0.05) is 51.5 Å². The van der Waals surface area contributed by atoms with E-state index in [0.717, 1.165) is 5.56 Å². The average Bonchev–Trinajstić information content (AvgIpc) is 2.24. The van der Waals surface area contributed by atoms with Gasteiger partial charge in [0.25, 0.3) is 0 Å². The summed E-state index contributed by atoms with van der Waals surface area (Å²) >= 11 is 0. The third kappa shape index (κ3) is 2.76. The standard InChI is InChI=1S/C16H24O2/c1-16(2,3)15(18)14(17)13-9-5-8-12(10-13)11-6-4-7-11/h5,8-11,14-15,17-18H,4,6-7H2,1-3H3. The zero-order valence-electron chi connectivity index (χ0n) is 11.6. The maximum absolute atomic E-state index is 10.3. The summed E-state index contributed by atoms with van der Waals surface area (Å²) in [4.78, 5) is 0. The molecule has 0 bridgehead atoms. The van der Waals surface area contributed by atoms with Gasteiger partial charge in [-0.05, 0) is 35.3 Å². The van der Waals surface area contributed by atoms with Crippen molar-refractivity contribution in [3.8, 4) is 0 Å². The lowest BCUT2D eigenvalue weighted by atomic mass is 9.78. The molecule has 2 atom stereocenters. The number of aliphatic hydroxyl groups is 2. The maximum Gasteiger partial charge on any atom is 0.105 e. The number of hydrogen-bond donors (Lipinski definition) is 2. The Labute approximate surface area is 110 Å². The third-order valence-corrected chi connectivity index (χ3v) is 4.02. The van der Waals surface area contributed by atoms with Crippen molar-refractivity contribution in [2.75, 3.05) is 0 Å². The fraction of sp³-hybridized carbons (Fsp3) is 0.625. The summed E-state index contributed by atoms with van der Waals surface area (Å²) in [5.74, 6) is 0.656. The van der Waals surface area contributed by atoms with Crippen LogP contribution in [0.1, 0.15) is 63.2 Å². The summed E-state index contributed by atoms with van der Waals surface area (Å²) in [5.41, 5.74) is 1.83. The molecule has 0 spiro atoms. The molecule has 18 heavy (non-hydrogen) atoms. The van der Waals surface area contributed by atoms with E-state index >= 15 is 0 Å². The van der Waals surface area contributed by atoms with Gasteiger partial charge in [-0.15, -0.1) is 0 Å². The summed E-state index contributed by atoms with van der Waals surface area (Å²) in [5, 5.41) is 20.4. The van der Waals surface area contributed by atoms with Crippen molar-refractivity contribution in [1.82, 2.24) is 0 Å². The van der Waals surface area contributed by atoms with Gasteiger partial charge in [-0.25, -0.2) is 0 Å². The van der Waals surface area contributed by atoms with Crippen LogP contribution in [0.2, 0.25) is 0 Å². The van der Waals surface area contributed by atoms with E-state index in [0.29, 0.717) is 5.92 Å². The molecule has 100 valence electrons. The molecule has 1 aromatic carbocycles. The third-order valence-electron chi connectivity index (χ3n) is 4.02. The van der Waals surface area contributed by atoms with Gasteiger partial charge >= 0.3 is 0 Å². The van der Waals surface area contributed by atoms with Gasteiger partial charge in [0.2, 0.25) is 0 Å². The first kappa shape index (κ1) is 13.6. The molecule has 0 amide bonds. The van der Waals surface area contributed by atoms with Gasteiger partial charge in [-0.2, -0.15) is 0 Å². The Bertz CT molecular complexity index is 402. The number of hydrogen-bond acceptors (Lipinski definition) is 2. The van der Waals surface area contributed by atoms with Crippen LogP contribution in [-0.4, -0.2) is 16.3 Å². The minimum Gasteiger partial charge on any atom is -0.390 e. The SMILES string of the molecule is CC(C)(C)C(O)C(O)c1cccc(C2CCC2)c1. The van der Waals surface area contributed by atoms with Crippen molar-refractivity contribution in [2.24, 2.45) is 5.41 Å². The minimum atomic E-state index is -0.801. The van der Waals surface area contributed by atoms with Crippen LogP contribution in [0.3, 0.4) is 0 Å². The topological polar surface area (TPSA) is 40.5 Å². The van der Waals surface area contributed by atoms with Crippen molar-refractivity contribution in [3.05, 3.63) is 35.4 Å². The van der Waals surface area contributed by atoms with Crippen molar-refractivity contribution in [2.45, 2.75) is 58.2 Å². The summed E-state index contributed by atoms with van der Waals surface area (Å²) in [6, 6.07) is 8.08. The lowest BCUT2D eigenvalue weighted by molar-refractivity contribution is -0.0458. The minimum absolute atomic E-state index is 0.314. The molecule has 0 radical (unpaired) electrons. The predicted molar refractivity (Wildman–Crippen MR) is 73.5 cm³/mol. The lowest BCUT2D eigenvalue weighted by Crippen LogP contribution is -2.32. The van der Waals surface area contributed by atoms with Crippen molar-refractivity contribution >= 4 is 0 Å². The molecule has 2 unspecified atom stereocenters. The fourth-order valence-electron chi connectivity index (χ4n) is 2.39. The second kappa shape index (κ2) is 5.02. The van der Waals surface area contributed by atoms with E-state index < -0.39 is 12.2 Å². The Morgan fingerprint density at radius 1 is 1.17 bits per heavy atom. The first-order valence-electron chi connectivity index (χ1n) is 6.85. The van der Waals surface area contributed by atoms with E-state index in [-0.39, 0.29) is 5.41 Å². The molecule has 0 saturated heterocycles. The second-order valence-corrected chi connectivity index (χ2v) is 6.55.